The summed E-state index contributed by atoms with van der Waals surface area (Å²) in [5.74, 6) is 1.67. The molecule has 0 unspecified atom stereocenters. The first-order valence-corrected chi connectivity index (χ1v) is 7.82. The lowest BCUT2D eigenvalue weighted by Crippen LogP contribution is -2.06. The highest BCUT2D eigenvalue weighted by Gasteiger charge is 2.05. The monoisotopic (exact) mass is 291 g/mol. The summed E-state index contributed by atoms with van der Waals surface area (Å²) >= 11 is 1.75. The van der Waals surface area contributed by atoms with Gasteiger partial charge in [-0.25, -0.2) is 0 Å². The number of rotatable bonds is 8. The van der Waals surface area contributed by atoms with Gasteiger partial charge in [-0.05, 0) is 23.9 Å². The first-order chi connectivity index (χ1) is 9.83. The van der Waals surface area contributed by atoms with Crippen molar-refractivity contribution in [1.82, 2.24) is 0 Å². The standard InChI is InChI=1S/C16H21NO2S/c1-2-8-18-14-6-5-13(12-17)16(11-14)19-9-7-15-4-3-10-20-15/h3-6,10-11H,2,7-9,12,17H2,1H3. The fraction of sp³-hybridized carbons (Fsp3) is 0.375. The van der Waals surface area contributed by atoms with Gasteiger partial charge in [-0.1, -0.05) is 19.1 Å². The number of thiophene rings is 1. The normalized spacial score (nSPS) is 10.5. The molecule has 2 aromatic rings. The molecule has 20 heavy (non-hydrogen) atoms. The molecule has 1 aromatic heterocycles. The molecule has 0 aliphatic heterocycles. The second-order valence-corrected chi connectivity index (χ2v) is 5.53. The zero-order valence-corrected chi connectivity index (χ0v) is 12.6. The second kappa shape index (κ2) is 7.92. The van der Waals surface area contributed by atoms with Crippen molar-refractivity contribution < 1.29 is 9.47 Å². The minimum Gasteiger partial charge on any atom is -0.493 e. The third-order valence-electron chi connectivity index (χ3n) is 2.92. The molecule has 4 heteroatoms. The van der Waals surface area contributed by atoms with Crippen LogP contribution >= 0.6 is 11.3 Å². The van der Waals surface area contributed by atoms with E-state index < -0.39 is 0 Å². The summed E-state index contributed by atoms with van der Waals surface area (Å²) in [5, 5.41) is 2.08. The van der Waals surface area contributed by atoms with E-state index in [2.05, 4.69) is 24.4 Å². The van der Waals surface area contributed by atoms with Crippen LogP contribution in [0.25, 0.3) is 0 Å². The van der Waals surface area contributed by atoms with Crippen LogP contribution in [0.2, 0.25) is 0 Å². The molecule has 0 saturated heterocycles. The lowest BCUT2D eigenvalue weighted by molar-refractivity contribution is 0.302. The molecule has 0 spiro atoms. The average molecular weight is 291 g/mol. The van der Waals surface area contributed by atoms with Gasteiger partial charge in [0.15, 0.2) is 0 Å². The summed E-state index contributed by atoms with van der Waals surface area (Å²) in [5.41, 5.74) is 6.76. The molecule has 1 aromatic carbocycles. The molecule has 0 atom stereocenters. The van der Waals surface area contributed by atoms with Crippen molar-refractivity contribution in [3.63, 3.8) is 0 Å². The molecule has 2 N–H and O–H groups in total. The average Bonchev–Trinajstić information content (AvgIpc) is 2.98. The van der Waals surface area contributed by atoms with Crippen molar-refractivity contribution in [2.45, 2.75) is 26.3 Å². The minimum absolute atomic E-state index is 0.475. The van der Waals surface area contributed by atoms with Gasteiger partial charge in [-0.15, -0.1) is 11.3 Å². The third kappa shape index (κ3) is 4.25. The van der Waals surface area contributed by atoms with E-state index in [-0.39, 0.29) is 0 Å². The highest BCUT2D eigenvalue weighted by atomic mass is 32.1. The van der Waals surface area contributed by atoms with Crippen LogP contribution in [0.15, 0.2) is 35.7 Å². The zero-order chi connectivity index (χ0) is 14.2. The number of benzene rings is 1. The van der Waals surface area contributed by atoms with Crippen molar-refractivity contribution in [2.24, 2.45) is 5.73 Å². The SMILES string of the molecule is CCCOc1ccc(CN)c(OCCc2cccs2)c1. The Kier molecular flexibility index (Phi) is 5.89. The zero-order valence-electron chi connectivity index (χ0n) is 11.8. The van der Waals surface area contributed by atoms with Gasteiger partial charge >= 0.3 is 0 Å². The lowest BCUT2D eigenvalue weighted by atomic mass is 10.2. The summed E-state index contributed by atoms with van der Waals surface area (Å²) in [6, 6.07) is 10.0. The first-order valence-electron chi connectivity index (χ1n) is 6.94. The smallest absolute Gasteiger partial charge is 0.127 e. The van der Waals surface area contributed by atoms with Gasteiger partial charge in [0, 0.05) is 29.5 Å². The molecule has 0 aliphatic rings. The summed E-state index contributed by atoms with van der Waals surface area (Å²) in [6.07, 6.45) is 1.91. The Bertz CT molecular complexity index is 511. The summed E-state index contributed by atoms with van der Waals surface area (Å²) in [6.45, 7) is 3.94. The Morgan fingerprint density at radius 1 is 1.15 bits per heavy atom. The number of hydrogen-bond donors (Lipinski definition) is 1. The van der Waals surface area contributed by atoms with E-state index >= 15 is 0 Å². The maximum Gasteiger partial charge on any atom is 0.127 e. The third-order valence-corrected chi connectivity index (χ3v) is 3.85. The van der Waals surface area contributed by atoms with Gasteiger partial charge in [-0.2, -0.15) is 0 Å². The van der Waals surface area contributed by atoms with Crippen LogP contribution < -0.4 is 15.2 Å². The largest absolute Gasteiger partial charge is 0.493 e. The Hall–Kier alpha value is -1.52. The van der Waals surface area contributed by atoms with Gasteiger partial charge in [0.1, 0.15) is 11.5 Å². The van der Waals surface area contributed by atoms with Crippen LogP contribution in [0, 0.1) is 0 Å². The van der Waals surface area contributed by atoms with E-state index in [0.29, 0.717) is 13.2 Å². The molecule has 2 rings (SSSR count). The predicted octanol–water partition coefficient (Wildman–Crippen LogP) is 3.62. The van der Waals surface area contributed by atoms with Gasteiger partial charge in [0.2, 0.25) is 0 Å². The molecular weight excluding hydrogens is 270 g/mol. The number of hydrogen-bond acceptors (Lipinski definition) is 4. The van der Waals surface area contributed by atoms with Crippen LogP contribution in [0.5, 0.6) is 11.5 Å². The highest BCUT2D eigenvalue weighted by molar-refractivity contribution is 7.09. The molecule has 0 aliphatic carbocycles. The molecule has 1 heterocycles. The molecule has 0 fully saturated rings. The number of nitrogens with two attached hydrogens (primary N) is 1. The van der Waals surface area contributed by atoms with E-state index in [1.54, 1.807) is 11.3 Å². The van der Waals surface area contributed by atoms with Gasteiger partial charge in [0.05, 0.1) is 13.2 Å². The molecule has 0 radical (unpaired) electrons. The first kappa shape index (κ1) is 14.9. The lowest BCUT2D eigenvalue weighted by Gasteiger charge is -2.12. The maximum absolute atomic E-state index is 5.87. The van der Waals surface area contributed by atoms with Gasteiger partial charge in [-0.3, -0.25) is 0 Å². The highest BCUT2D eigenvalue weighted by Crippen LogP contribution is 2.25. The van der Waals surface area contributed by atoms with Crippen molar-refractivity contribution in [1.29, 1.82) is 0 Å². The molecule has 0 bridgehead atoms. The Morgan fingerprint density at radius 3 is 2.75 bits per heavy atom. The molecule has 0 saturated carbocycles. The molecule has 3 nitrogen and oxygen atoms in total. The second-order valence-electron chi connectivity index (χ2n) is 4.50. The van der Waals surface area contributed by atoms with Crippen LogP contribution in [0.3, 0.4) is 0 Å². The Balaban J connectivity index is 1.96. The number of ether oxygens (including phenoxy) is 2. The fourth-order valence-electron chi connectivity index (χ4n) is 1.86. The predicted molar refractivity (Wildman–Crippen MR) is 83.6 cm³/mol. The quantitative estimate of drug-likeness (QED) is 0.808. The summed E-state index contributed by atoms with van der Waals surface area (Å²) in [7, 11) is 0. The summed E-state index contributed by atoms with van der Waals surface area (Å²) < 4.78 is 11.5. The molecule has 0 amide bonds. The Morgan fingerprint density at radius 2 is 2.05 bits per heavy atom. The van der Waals surface area contributed by atoms with Crippen molar-refractivity contribution in [2.75, 3.05) is 13.2 Å². The van der Waals surface area contributed by atoms with Crippen molar-refractivity contribution in [3.8, 4) is 11.5 Å². The van der Waals surface area contributed by atoms with Gasteiger partial charge in [0.25, 0.3) is 0 Å². The van der Waals surface area contributed by atoms with Crippen LogP contribution in [-0.2, 0) is 13.0 Å². The van der Waals surface area contributed by atoms with E-state index in [1.807, 2.05) is 18.2 Å². The van der Waals surface area contributed by atoms with Crippen LogP contribution in [0.4, 0.5) is 0 Å². The molecule has 108 valence electrons. The topological polar surface area (TPSA) is 44.5 Å². The minimum atomic E-state index is 0.475. The van der Waals surface area contributed by atoms with Crippen molar-refractivity contribution >= 4 is 11.3 Å². The van der Waals surface area contributed by atoms with Gasteiger partial charge < -0.3 is 15.2 Å². The Labute approximate surface area is 124 Å². The van der Waals surface area contributed by atoms with Crippen LogP contribution in [-0.4, -0.2) is 13.2 Å². The van der Waals surface area contributed by atoms with Crippen molar-refractivity contribution in [3.05, 3.63) is 46.2 Å². The fourth-order valence-corrected chi connectivity index (χ4v) is 2.55. The van der Waals surface area contributed by atoms with Crippen LogP contribution in [0.1, 0.15) is 23.8 Å². The van der Waals surface area contributed by atoms with E-state index in [9.17, 15) is 0 Å². The molecular formula is C16H21NO2S. The van der Waals surface area contributed by atoms with E-state index in [0.717, 1.165) is 36.5 Å². The van der Waals surface area contributed by atoms with E-state index in [1.165, 1.54) is 4.88 Å². The van der Waals surface area contributed by atoms with E-state index in [4.69, 9.17) is 15.2 Å². The maximum atomic E-state index is 5.87. The summed E-state index contributed by atoms with van der Waals surface area (Å²) in [4.78, 5) is 1.33.